The van der Waals surface area contributed by atoms with E-state index in [1.54, 1.807) is 0 Å². The van der Waals surface area contributed by atoms with E-state index in [1.807, 2.05) is 41.0 Å². The number of hydrogen-bond donors (Lipinski definition) is 1. The average Bonchev–Trinajstić information content (AvgIpc) is 2.64. The van der Waals surface area contributed by atoms with E-state index in [0.717, 1.165) is 37.1 Å². The number of amides is 2. The number of nitrogens with one attached hydrogen (secondary N) is 1. The van der Waals surface area contributed by atoms with Crippen molar-refractivity contribution in [1.82, 2.24) is 15.1 Å². The fourth-order valence-corrected chi connectivity index (χ4v) is 3.58. The van der Waals surface area contributed by atoms with Gasteiger partial charge < -0.3 is 15.1 Å². The van der Waals surface area contributed by atoms with Crippen LogP contribution in [0.25, 0.3) is 0 Å². The summed E-state index contributed by atoms with van der Waals surface area (Å²) < 4.78 is 0. The molecule has 1 unspecified atom stereocenters. The molecule has 3 rings (SSSR count). The third-order valence-electron chi connectivity index (χ3n) is 5.19. The Labute approximate surface area is 156 Å². The van der Waals surface area contributed by atoms with Crippen LogP contribution in [0, 0.1) is 12.8 Å². The molecule has 2 fully saturated rings. The van der Waals surface area contributed by atoms with Crippen LogP contribution in [-0.4, -0.2) is 60.9 Å². The first-order valence-electron chi connectivity index (χ1n) is 8.97. The molecule has 6 heteroatoms. The minimum Gasteiger partial charge on any atom is -0.339 e. The smallest absolute Gasteiger partial charge is 0.227 e. The van der Waals surface area contributed by atoms with Crippen molar-refractivity contribution in [3.05, 3.63) is 35.4 Å². The highest BCUT2D eigenvalue weighted by Crippen LogP contribution is 2.16. The largest absolute Gasteiger partial charge is 0.339 e. The van der Waals surface area contributed by atoms with E-state index in [1.165, 1.54) is 0 Å². The number of halogens is 1. The van der Waals surface area contributed by atoms with E-state index in [9.17, 15) is 9.59 Å². The number of carbonyl (C=O) groups excluding carboxylic acids is 2. The number of piperazine rings is 1. The van der Waals surface area contributed by atoms with Gasteiger partial charge in [0.25, 0.3) is 0 Å². The van der Waals surface area contributed by atoms with Crippen LogP contribution in [-0.2, 0) is 16.0 Å². The molecule has 5 nitrogen and oxygen atoms in total. The van der Waals surface area contributed by atoms with E-state index < -0.39 is 0 Å². The van der Waals surface area contributed by atoms with Crippen LogP contribution in [0.15, 0.2) is 24.3 Å². The maximum atomic E-state index is 12.5. The third kappa shape index (κ3) is 4.95. The molecule has 2 heterocycles. The van der Waals surface area contributed by atoms with Gasteiger partial charge in [0.1, 0.15) is 0 Å². The van der Waals surface area contributed by atoms with Crippen LogP contribution >= 0.6 is 12.4 Å². The molecule has 1 atom stereocenters. The number of rotatable bonds is 3. The first-order valence-corrected chi connectivity index (χ1v) is 8.97. The molecule has 1 aromatic carbocycles. The monoisotopic (exact) mass is 365 g/mol. The molecular formula is C19H28ClN3O2. The van der Waals surface area contributed by atoms with Crippen LogP contribution in [0.3, 0.4) is 0 Å². The Morgan fingerprint density at radius 2 is 1.80 bits per heavy atom. The van der Waals surface area contributed by atoms with Gasteiger partial charge in [-0.05, 0) is 37.4 Å². The number of piperidine rings is 1. The highest BCUT2D eigenvalue weighted by Gasteiger charge is 2.29. The summed E-state index contributed by atoms with van der Waals surface area (Å²) in [6.07, 6.45) is 2.51. The zero-order valence-electron chi connectivity index (χ0n) is 14.9. The molecule has 0 bridgehead atoms. The summed E-state index contributed by atoms with van der Waals surface area (Å²) in [7, 11) is 0. The fourth-order valence-electron chi connectivity index (χ4n) is 3.58. The van der Waals surface area contributed by atoms with E-state index >= 15 is 0 Å². The van der Waals surface area contributed by atoms with Gasteiger partial charge in [0, 0.05) is 32.7 Å². The topological polar surface area (TPSA) is 52.7 Å². The van der Waals surface area contributed by atoms with Gasteiger partial charge in [-0.2, -0.15) is 0 Å². The van der Waals surface area contributed by atoms with Crippen LogP contribution in [0.5, 0.6) is 0 Å². The quantitative estimate of drug-likeness (QED) is 0.885. The summed E-state index contributed by atoms with van der Waals surface area (Å²) in [5.74, 6) is 0.539. The van der Waals surface area contributed by atoms with Crippen molar-refractivity contribution >= 4 is 24.2 Å². The second-order valence-corrected chi connectivity index (χ2v) is 6.85. The molecule has 0 aromatic heterocycles. The average molecular weight is 366 g/mol. The van der Waals surface area contributed by atoms with E-state index in [2.05, 4.69) is 5.32 Å². The molecule has 25 heavy (non-hydrogen) atoms. The molecule has 2 aliphatic heterocycles. The molecule has 2 amide bonds. The Bertz CT molecular complexity index is 594. The van der Waals surface area contributed by atoms with Crippen LogP contribution in [0.1, 0.15) is 24.0 Å². The Morgan fingerprint density at radius 1 is 1.12 bits per heavy atom. The number of hydrogen-bond acceptors (Lipinski definition) is 3. The number of benzene rings is 1. The maximum Gasteiger partial charge on any atom is 0.227 e. The predicted octanol–water partition coefficient (Wildman–Crippen LogP) is 1.63. The van der Waals surface area contributed by atoms with Gasteiger partial charge in [-0.25, -0.2) is 0 Å². The zero-order valence-corrected chi connectivity index (χ0v) is 15.7. The third-order valence-corrected chi connectivity index (χ3v) is 5.19. The minimum atomic E-state index is 0. The van der Waals surface area contributed by atoms with Crippen molar-refractivity contribution in [2.24, 2.45) is 5.92 Å². The lowest BCUT2D eigenvalue weighted by molar-refractivity contribution is -0.142. The first kappa shape index (κ1) is 19.7. The number of carbonyl (C=O) groups is 2. The molecule has 138 valence electrons. The van der Waals surface area contributed by atoms with Gasteiger partial charge in [-0.3, -0.25) is 9.59 Å². The molecule has 0 spiro atoms. The highest BCUT2D eigenvalue weighted by molar-refractivity contribution is 5.85. The molecule has 0 radical (unpaired) electrons. The van der Waals surface area contributed by atoms with Gasteiger partial charge in [-0.1, -0.05) is 24.3 Å². The summed E-state index contributed by atoms with van der Waals surface area (Å²) in [6.45, 7) is 6.48. The minimum absolute atomic E-state index is 0. The van der Waals surface area contributed by atoms with Gasteiger partial charge in [0.05, 0.1) is 12.3 Å². The summed E-state index contributed by atoms with van der Waals surface area (Å²) >= 11 is 0. The van der Waals surface area contributed by atoms with Gasteiger partial charge in [-0.15, -0.1) is 12.4 Å². The lowest BCUT2D eigenvalue weighted by atomic mass is 9.98. The Balaban J connectivity index is 0.00000225. The lowest BCUT2D eigenvalue weighted by Crippen LogP contribution is -2.53. The van der Waals surface area contributed by atoms with E-state index in [0.29, 0.717) is 32.6 Å². The van der Waals surface area contributed by atoms with Crippen LogP contribution < -0.4 is 5.32 Å². The Morgan fingerprint density at radius 3 is 2.44 bits per heavy atom. The SMILES string of the molecule is Cc1ccccc1CC(=O)N1CCN(C(=O)C2CCCNC2)CC1.Cl. The summed E-state index contributed by atoms with van der Waals surface area (Å²) in [6, 6.07) is 8.03. The second-order valence-electron chi connectivity index (χ2n) is 6.85. The molecule has 0 saturated carbocycles. The summed E-state index contributed by atoms with van der Waals surface area (Å²) in [4.78, 5) is 28.9. The molecule has 1 aromatic rings. The van der Waals surface area contributed by atoms with Crippen molar-refractivity contribution in [1.29, 1.82) is 0 Å². The standard InChI is InChI=1S/C19H27N3O2.ClH/c1-15-5-2-3-6-16(15)13-18(23)21-9-11-22(12-10-21)19(24)17-7-4-8-20-14-17;/h2-3,5-6,17,20H,4,7-14H2,1H3;1H. The van der Waals surface area contributed by atoms with Crippen molar-refractivity contribution in [3.8, 4) is 0 Å². The zero-order chi connectivity index (χ0) is 16.9. The molecule has 0 aliphatic carbocycles. The fraction of sp³-hybridized carbons (Fsp3) is 0.579. The first-order chi connectivity index (χ1) is 11.6. The number of nitrogens with zero attached hydrogens (tertiary/aromatic N) is 2. The van der Waals surface area contributed by atoms with Crippen LogP contribution in [0.4, 0.5) is 0 Å². The van der Waals surface area contributed by atoms with Crippen molar-refractivity contribution in [2.45, 2.75) is 26.2 Å². The summed E-state index contributed by atoms with van der Waals surface area (Å²) in [5.41, 5.74) is 2.25. The van der Waals surface area contributed by atoms with Crippen molar-refractivity contribution in [3.63, 3.8) is 0 Å². The highest BCUT2D eigenvalue weighted by atomic mass is 35.5. The number of aryl methyl sites for hydroxylation is 1. The van der Waals surface area contributed by atoms with E-state index in [-0.39, 0.29) is 30.1 Å². The second kappa shape index (κ2) is 9.20. The lowest BCUT2D eigenvalue weighted by Gasteiger charge is -2.37. The van der Waals surface area contributed by atoms with Gasteiger partial charge in [0.15, 0.2) is 0 Å². The normalized spacial score (nSPS) is 20.8. The van der Waals surface area contributed by atoms with Crippen molar-refractivity contribution in [2.75, 3.05) is 39.3 Å². The van der Waals surface area contributed by atoms with Gasteiger partial charge in [0.2, 0.25) is 11.8 Å². The molecular weight excluding hydrogens is 338 g/mol. The predicted molar refractivity (Wildman–Crippen MR) is 101 cm³/mol. The Hall–Kier alpha value is -1.59. The summed E-state index contributed by atoms with van der Waals surface area (Å²) in [5, 5.41) is 3.30. The van der Waals surface area contributed by atoms with Gasteiger partial charge >= 0.3 is 0 Å². The van der Waals surface area contributed by atoms with Crippen LogP contribution in [0.2, 0.25) is 0 Å². The maximum absolute atomic E-state index is 12.5. The van der Waals surface area contributed by atoms with Crippen molar-refractivity contribution < 1.29 is 9.59 Å². The molecule has 2 aliphatic rings. The Kier molecular flexibility index (Phi) is 7.26. The van der Waals surface area contributed by atoms with E-state index in [4.69, 9.17) is 0 Å². The molecule has 1 N–H and O–H groups in total. The molecule has 2 saturated heterocycles.